The van der Waals surface area contributed by atoms with Gasteiger partial charge in [-0.3, -0.25) is 4.79 Å². The molecular formula is C27H39NO2. The van der Waals surface area contributed by atoms with Gasteiger partial charge in [0.25, 0.3) is 0 Å². The van der Waals surface area contributed by atoms with E-state index in [1.54, 1.807) is 0 Å². The summed E-state index contributed by atoms with van der Waals surface area (Å²) in [6.45, 7) is 6.74. The number of carbonyl (C=O) groups is 1. The van der Waals surface area contributed by atoms with E-state index < -0.39 is 5.60 Å². The lowest BCUT2D eigenvalue weighted by Crippen LogP contribution is -2.56. The number of carbonyl (C=O) groups excluding carboxylic acids is 1. The Balaban J connectivity index is 1.48. The molecule has 1 N–H and O–H groups in total. The number of hydrogen-bond donors (Lipinski definition) is 1. The lowest BCUT2D eigenvalue weighted by molar-refractivity contribution is -0.144. The van der Waals surface area contributed by atoms with Crippen LogP contribution in [0.3, 0.4) is 0 Å². The number of fused-ring (bicyclic) bond motifs is 5. The SMILES string of the molecule is CC(=O)[C@H]1CC[C@H]2[C@@H]3CC[C@@H]4C[C@@](O)(C#CCCCC#N)CC[C@]4(C)[C@H]3CC[C@]12C. The van der Waals surface area contributed by atoms with Crippen LogP contribution in [0.1, 0.15) is 97.8 Å². The molecule has 0 heterocycles. The maximum absolute atomic E-state index is 12.3. The number of unbranched alkanes of at least 4 members (excludes halogenated alkanes) is 2. The van der Waals surface area contributed by atoms with E-state index in [2.05, 4.69) is 31.8 Å². The standard InChI is InChI=1S/C27H39NO2/c1-19(29)22-10-11-23-21-9-8-20-18-27(30,13-6-4-5-7-17-28)16-15-25(20,2)24(21)12-14-26(22,23)3/h20-24,30H,4-5,7-12,14-16,18H2,1-3H3/t20-,21+,22-,23+,24+,25+,26-,27-/m1/s1. The van der Waals surface area contributed by atoms with Gasteiger partial charge in [0, 0.05) is 18.8 Å². The van der Waals surface area contributed by atoms with E-state index in [9.17, 15) is 9.90 Å². The lowest BCUT2D eigenvalue weighted by Gasteiger charge is -2.61. The average molecular weight is 410 g/mol. The van der Waals surface area contributed by atoms with Crippen molar-refractivity contribution in [2.24, 2.45) is 40.4 Å². The first-order valence-corrected chi connectivity index (χ1v) is 12.3. The van der Waals surface area contributed by atoms with Crippen molar-refractivity contribution >= 4 is 5.78 Å². The van der Waals surface area contributed by atoms with Gasteiger partial charge >= 0.3 is 0 Å². The van der Waals surface area contributed by atoms with Crippen molar-refractivity contribution in [1.82, 2.24) is 0 Å². The van der Waals surface area contributed by atoms with Crippen LogP contribution in [0.5, 0.6) is 0 Å². The van der Waals surface area contributed by atoms with E-state index in [0.29, 0.717) is 35.9 Å². The Labute approximate surface area is 183 Å². The zero-order chi connectivity index (χ0) is 21.6. The Bertz CT molecular complexity index is 787. The normalized spacial score (nSPS) is 47.1. The highest BCUT2D eigenvalue weighted by molar-refractivity contribution is 5.79. The molecule has 4 fully saturated rings. The largest absolute Gasteiger partial charge is 0.378 e. The summed E-state index contributed by atoms with van der Waals surface area (Å²) in [6, 6.07) is 2.16. The minimum atomic E-state index is -0.833. The molecule has 0 amide bonds. The lowest BCUT2D eigenvalue weighted by atomic mass is 9.44. The molecule has 4 aliphatic rings. The number of aliphatic hydroxyl groups is 1. The summed E-state index contributed by atoms with van der Waals surface area (Å²) < 4.78 is 0. The first kappa shape index (κ1) is 21.9. The summed E-state index contributed by atoms with van der Waals surface area (Å²) in [5, 5.41) is 19.9. The van der Waals surface area contributed by atoms with E-state index in [4.69, 9.17) is 5.26 Å². The van der Waals surface area contributed by atoms with Crippen molar-refractivity contribution in [2.45, 2.75) is 103 Å². The van der Waals surface area contributed by atoms with Gasteiger partial charge in [0.15, 0.2) is 0 Å². The smallest absolute Gasteiger partial charge is 0.133 e. The second-order valence-corrected chi connectivity index (χ2v) is 11.5. The Morgan fingerprint density at radius 1 is 1.00 bits per heavy atom. The fourth-order valence-electron chi connectivity index (χ4n) is 8.51. The van der Waals surface area contributed by atoms with Crippen molar-refractivity contribution < 1.29 is 9.90 Å². The van der Waals surface area contributed by atoms with Crippen LogP contribution in [-0.4, -0.2) is 16.5 Å². The molecule has 4 aliphatic carbocycles. The van der Waals surface area contributed by atoms with E-state index in [0.717, 1.165) is 43.9 Å². The van der Waals surface area contributed by atoms with Crippen LogP contribution in [-0.2, 0) is 4.79 Å². The molecule has 4 rings (SSSR count). The summed E-state index contributed by atoms with van der Waals surface area (Å²) in [5.74, 6) is 9.83. The van der Waals surface area contributed by atoms with Crippen molar-refractivity contribution in [3.8, 4) is 17.9 Å². The van der Waals surface area contributed by atoms with Crippen LogP contribution in [0, 0.1) is 63.6 Å². The van der Waals surface area contributed by atoms with Crippen molar-refractivity contribution in [2.75, 3.05) is 0 Å². The molecule has 0 aliphatic heterocycles. The van der Waals surface area contributed by atoms with E-state index in [1.165, 1.54) is 32.1 Å². The average Bonchev–Trinajstić information content (AvgIpc) is 3.06. The number of Topliss-reactive ketones (excluding diaryl/α,β-unsaturated/α-hetero) is 1. The maximum Gasteiger partial charge on any atom is 0.133 e. The highest BCUT2D eigenvalue weighted by Gasteiger charge is 2.61. The minimum absolute atomic E-state index is 0.223. The second-order valence-electron chi connectivity index (χ2n) is 11.5. The molecule has 0 radical (unpaired) electrons. The van der Waals surface area contributed by atoms with Crippen LogP contribution >= 0.6 is 0 Å². The van der Waals surface area contributed by atoms with Crippen molar-refractivity contribution in [3.05, 3.63) is 0 Å². The molecule has 0 aromatic carbocycles. The van der Waals surface area contributed by atoms with Crippen molar-refractivity contribution in [3.63, 3.8) is 0 Å². The third-order valence-electron chi connectivity index (χ3n) is 10.1. The van der Waals surface area contributed by atoms with Crippen LogP contribution < -0.4 is 0 Å². The maximum atomic E-state index is 12.3. The van der Waals surface area contributed by atoms with E-state index in [1.807, 2.05) is 6.92 Å². The molecule has 8 atom stereocenters. The molecule has 0 aromatic rings. The quantitative estimate of drug-likeness (QED) is 0.483. The topological polar surface area (TPSA) is 61.1 Å². The number of nitriles is 1. The molecular weight excluding hydrogens is 370 g/mol. The van der Waals surface area contributed by atoms with E-state index in [-0.39, 0.29) is 11.3 Å². The summed E-state index contributed by atoms with van der Waals surface area (Å²) in [4.78, 5) is 12.3. The molecule has 30 heavy (non-hydrogen) atoms. The summed E-state index contributed by atoms with van der Waals surface area (Å²) >= 11 is 0. The number of rotatable bonds is 3. The summed E-state index contributed by atoms with van der Waals surface area (Å²) in [5.41, 5.74) is -0.298. The van der Waals surface area contributed by atoms with Gasteiger partial charge in [-0.05, 0) is 106 Å². The Kier molecular flexibility index (Phi) is 5.83. The number of nitrogens with zero attached hydrogens (tertiary/aromatic N) is 1. The van der Waals surface area contributed by atoms with Gasteiger partial charge in [-0.25, -0.2) is 0 Å². The summed E-state index contributed by atoms with van der Waals surface area (Å²) in [6.07, 6.45) is 12.0. The minimum Gasteiger partial charge on any atom is -0.378 e. The number of hydrogen-bond acceptors (Lipinski definition) is 3. The van der Waals surface area contributed by atoms with Gasteiger partial charge in [0.2, 0.25) is 0 Å². The monoisotopic (exact) mass is 409 g/mol. The van der Waals surface area contributed by atoms with Crippen LogP contribution in [0.4, 0.5) is 0 Å². The molecule has 0 aromatic heterocycles. The predicted molar refractivity (Wildman–Crippen MR) is 118 cm³/mol. The van der Waals surface area contributed by atoms with Gasteiger partial charge < -0.3 is 5.11 Å². The van der Waals surface area contributed by atoms with Gasteiger partial charge in [-0.1, -0.05) is 19.8 Å². The van der Waals surface area contributed by atoms with Crippen LogP contribution in [0.25, 0.3) is 0 Å². The molecule has 0 unspecified atom stereocenters. The van der Waals surface area contributed by atoms with Crippen LogP contribution in [0.15, 0.2) is 0 Å². The van der Waals surface area contributed by atoms with E-state index >= 15 is 0 Å². The first-order valence-electron chi connectivity index (χ1n) is 12.3. The van der Waals surface area contributed by atoms with Gasteiger partial charge in [0.05, 0.1) is 6.07 Å². The second kappa shape index (κ2) is 7.98. The fourth-order valence-corrected chi connectivity index (χ4v) is 8.51. The fraction of sp³-hybridized carbons (Fsp3) is 0.852. The third-order valence-corrected chi connectivity index (χ3v) is 10.1. The zero-order valence-corrected chi connectivity index (χ0v) is 19.2. The Morgan fingerprint density at radius 2 is 1.77 bits per heavy atom. The Morgan fingerprint density at radius 3 is 2.50 bits per heavy atom. The molecule has 0 saturated heterocycles. The predicted octanol–water partition coefficient (Wildman–Crippen LogP) is 5.66. The van der Waals surface area contributed by atoms with Gasteiger partial charge in [-0.2, -0.15) is 5.26 Å². The van der Waals surface area contributed by atoms with Crippen LogP contribution in [0.2, 0.25) is 0 Å². The Hall–Kier alpha value is -1.32. The van der Waals surface area contributed by atoms with Gasteiger partial charge in [0.1, 0.15) is 11.4 Å². The number of ketones is 1. The molecule has 3 nitrogen and oxygen atoms in total. The zero-order valence-electron chi connectivity index (χ0n) is 19.2. The first-order chi connectivity index (χ1) is 14.2. The van der Waals surface area contributed by atoms with Gasteiger partial charge in [-0.15, -0.1) is 5.92 Å². The molecule has 164 valence electrons. The van der Waals surface area contributed by atoms with Crippen molar-refractivity contribution in [1.29, 1.82) is 5.26 Å². The highest BCUT2D eigenvalue weighted by Crippen LogP contribution is 2.68. The summed E-state index contributed by atoms with van der Waals surface area (Å²) in [7, 11) is 0. The molecule has 4 saturated carbocycles. The third kappa shape index (κ3) is 3.52. The molecule has 0 bridgehead atoms. The molecule has 0 spiro atoms. The highest BCUT2D eigenvalue weighted by atomic mass is 16.3. The molecule has 3 heteroatoms.